The van der Waals surface area contributed by atoms with E-state index >= 15 is 0 Å². The van der Waals surface area contributed by atoms with Crippen molar-refractivity contribution < 1.29 is 14.5 Å². The van der Waals surface area contributed by atoms with Crippen LogP contribution in [0, 0.1) is 21.4 Å². The van der Waals surface area contributed by atoms with E-state index in [9.17, 15) is 25.0 Å². The van der Waals surface area contributed by atoms with Gasteiger partial charge in [0.2, 0.25) is 5.91 Å². The number of nitrogens with one attached hydrogen (secondary N) is 1. The molecule has 2 amide bonds. The monoisotopic (exact) mass is 323 g/mol. The number of imide groups is 1. The number of non-ortho nitro benzene ring substituents is 1. The van der Waals surface area contributed by atoms with Crippen molar-refractivity contribution in [2.24, 2.45) is 0 Å². The first-order valence-electron chi connectivity index (χ1n) is 7.04. The van der Waals surface area contributed by atoms with Crippen LogP contribution in [-0.4, -0.2) is 16.7 Å². The predicted molar refractivity (Wildman–Crippen MR) is 85.0 cm³/mol. The van der Waals surface area contributed by atoms with Gasteiger partial charge in [0.15, 0.2) is 0 Å². The van der Waals surface area contributed by atoms with E-state index in [1.165, 1.54) is 24.3 Å². The maximum atomic E-state index is 12.0. The van der Waals surface area contributed by atoms with Gasteiger partial charge in [-0.25, -0.2) is 0 Å². The van der Waals surface area contributed by atoms with Crippen LogP contribution in [0.3, 0.4) is 0 Å². The Bertz CT molecular complexity index is 812. The lowest BCUT2D eigenvalue weighted by Crippen LogP contribution is -2.31. The summed E-state index contributed by atoms with van der Waals surface area (Å²) in [6.07, 6.45) is -0.268. The number of hydrogen-bond acceptors (Lipinski definition) is 5. The fraction of sp³-hybridized carbons (Fsp3) is 0.118. The number of hydrogen-bond donors (Lipinski definition) is 1. The summed E-state index contributed by atoms with van der Waals surface area (Å²) >= 11 is 0. The topological polar surface area (TPSA) is 113 Å². The minimum absolute atomic E-state index is 0.159. The molecule has 0 saturated carbocycles. The molecule has 0 aromatic heterocycles. The van der Waals surface area contributed by atoms with Crippen LogP contribution in [-0.2, 0) is 4.79 Å². The first-order chi connectivity index (χ1) is 11.5. The van der Waals surface area contributed by atoms with Gasteiger partial charge in [-0.2, -0.15) is 5.26 Å². The lowest BCUT2D eigenvalue weighted by molar-refractivity contribution is -0.384. The molecule has 7 nitrogen and oxygen atoms in total. The minimum Gasteiger partial charge on any atom is -0.292 e. The number of carbonyl (C=O) groups is 2. The number of rotatable bonds is 5. The van der Waals surface area contributed by atoms with E-state index in [0.717, 1.165) is 0 Å². The zero-order valence-electron chi connectivity index (χ0n) is 12.5. The number of amides is 2. The third-order valence-electron chi connectivity index (χ3n) is 3.32. The molecule has 0 radical (unpaired) electrons. The quantitative estimate of drug-likeness (QED) is 0.671. The van der Waals surface area contributed by atoms with Gasteiger partial charge in [0.05, 0.1) is 16.9 Å². The fourth-order valence-corrected chi connectivity index (χ4v) is 2.12. The molecule has 0 heterocycles. The van der Waals surface area contributed by atoms with E-state index in [1.807, 2.05) is 6.07 Å². The van der Waals surface area contributed by atoms with Crippen LogP contribution in [0.2, 0.25) is 0 Å². The molecule has 0 spiro atoms. The Kier molecular flexibility index (Phi) is 5.36. The van der Waals surface area contributed by atoms with E-state index in [1.54, 1.807) is 30.3 Å². The Hall–Kier alpha value is -3.53. The van der Waals surface area contributed by atoms with Crippen molar-refractivity contribution in [1.82, 2.24) is 5.32 Å². The summed E-state index contributed by atoms with van der Waals surface area (Å²) in [5, 5.41) is 22.2. The lowest BCUT2D eigenvalue weighted by atomic mass is 9.96. The number of carbonyl (C=O) groups excluding carboxylic acids is 2. The SMILES string of the molecule is N#CC(CC(=O)NC(=O)c1ccccc1)c1cccc([N+](=O)[O-])c1. The van der Waals surface area contributed by atoms with Crippen molar-refractivity contribution in [3.8, 4) is 6.07 Å². The molecule has 7 heteroatoms. The van der Waals surface area contributed by atoms with Crippen LogP contribution in [0.25, 0.3) is 0 Å². The van der Waals surface area contributed by atoms with Gasteiger partial charge in [0.1, 0.15) is 0 Å². The molecular weight excluding hydrogens is 310 g/mol. The van der Waals surface area contributed by atoms with E-state index in [4.69, 9.17) is 0 Å². The number of nitrogens with zero attached hydrogens (tertiary/aromatic N) is 2. The zero-order chi connectivity index (χ0) is 17.5. The van der Waals surface area contributed by atoms with Crippen molar-refractivity contribution in [2.45, 2.75) is 12.3 Å². The number of benzene rings is 2. The number of nitro groups is 1. The zero-order valence-corrected chi connectivity index (χ0v) is 12.5. The van der Waals surface area contributed by atoms with Gasteiger partial charge in [0, 0.05) is 24.1 Å². The minimum atomic E-state index is -0.881. The molecular formula is C17H13N3O4. The van der Waals surface area contributed by atoms with Gasteiger partial charge in [-0.3, -0.25) is 25.0 Å². The second-order valence-corrected chi connectivity index (χ2v) is 4.98. The molecule has 24 heavy (non-hydrogen) atoms. The van der Waals surface area contributed by atoms with E-state index in [2.05, 4.69) is 5.32 Å². The highest BCUT2D eigenvalue weighted by atomic mass is 16.6. The van der Waals surface area contributed by atoms with Crippen LogP contribution in [0.5, 0.6) is 0 Å². The van der Waals surface area contributed by atoms with Gasteiger partial charge >= 0.3 is 0 Å². The maximum absolute atomic E-state index is 12.0. The average Bonchev–Trinajstić information content (AvgIpc) is 2.60. The molecule has 1 atom stereocenters. The van der Waals surface area contributed by atoms with Gasteiger partial charge in [0.25, 0.3) is 11.6 Å². The second kappa shape index (κ2) is 7.65. The van der Waals surface area contributed by atoms with Crippen molar-refractivity contribution in [3.05, 3.63) is 75.8 Å². The highest BCUT2D eigenvalue weighted by molar-refractivity contribution is 6.04. The molecule has 2 aromatic rings. The molecule has 2 rings (SSSR count). The number of nitriles is 1. The molecule has 0 aliphatic rings. The predicted octanol–water partition coefficient (Wildman–Crippen LogP) is 2.55. The summed E-state index contributed by atoms with van der Waals surface area (Å²) in [5.41, 5.74) is 0.525. The van der Waals surface area contributed by atoms with Crippen LogP contribution in [0.15, 0.2) is 54.6 Å². The standard InChI is InChI=1S/C17H13N3O4/c18-11-14(13-7-4-8-15(9-13)20(23)24)10-16(21)19-17(22)12-5-2-1-3-6-12/h1-9,14H,10H2,(H,19,21,22). The normalized spacial score (nSPS) is 11.1. The highest BCUT2D eigenvalue weighted by Crippen LogP contribution is 2.23. The van der Waals surface area contributed by atoms with Crippen LogP contribution in [0.4, 0.5) is 5.69 Å². The van der Waals surface area contributed by atoms with Gasteiger partial charge < -0.3 is 0 Å². The molecule has 0 bridgehead atoms. The molecule has 0 fully saturated rings. The fourth-order valence-electron chi connectivity index (χ4n) is 2.12. The summed E-state index contributed by atoms with van der Waals surface area (Å²) in [6, 6.07) is 15.7. The molecule has 2 aromatic carbocycles. The summed E-state index contributed by atoms with van der Waals surface area (Å²) < 4.78 is 0. The molecule has 1 N–H and O–H groups in total. The van der Waals surface area contributed by atoms with Crippen molar-refractivity contribution in [2.75, 3.05) is 0 Å². The Labute approximate surface area is 137 Å². The largest absolute Gasteiger partial charge is 0.292 e. The second-order valence-electron chi connectivity index (χ2n) is 4.98. The van der Waals surface area contributed by atoms with Crippen LogP contribution < -0.4 is 5.32 Å². The smallest absolute Gasteiger partial charge is 0.269 e. The van der Waals surface area contributed by atoms with E-state index in [0.29, 0.717) is 11.1 Å². The van der Waals surface area contributed by atoms with Crippen molar-refractivity contribution in [3.63, 3.8) is 0 Å². The molecule has 120 valence electrons. The maximum Gasteiger partial charge on any atom is 0.269 e. The summed E-state index contributed by atoms with van der Waals surface area (Å²) in [5.74, 6) is -2.06. The van der Waals surface area contributed by atoms with Crippen molar-refractivity contribution in [1.29, 1.82) is 5.26 Å². The van der Waals surface area contributed by atoms with Crippen molar-refractivity contribution >= 4 is 17.5 Å². The lowest BCUT2D eigenvalue weighted by Gasteiger charge is -2.09. The summed E-state index contributed by atoms with van der Waals surface area (Å²) in [6.45, 7) is 0. The Morgan fingerprint density at radius 3 is 2.50 bits per heavy atom. The number of nitro benzene ring substituents is 1. The molecule has 0 saturated heterocycles. The Balaban J connectivity index is 2.06. The highest BCUT2D eigenvalue weighted by Gasteiger charge is 2.19. The van der Waals surface area contributed by atoms with Crippen LogP contribution in [0.1, 0.15) is 28.3 Å². The summed E-state index contributed by atoms with van der Waals surface area (Å²) in [7, 11) is 0. The molecule has 0 aliphatic carbocycles. The Morgan fingerprint density at radius 2 is 1.88 bits per heavy atom. The van der Waals surface area contributed by atoms with Gasteiger partial charge in [-0.1, -0.05) is 30.3 Å². The molecule has 1 unspecified atom stereocenters. The first kappa shape index (κ1) is 16.8. The van der Waals surface area contributed by atoms with Gasteiger partial charge in [-0.05, 0) is 17.7 Å². The summed E-state index contributed by atoms with van der Waals surface area (Å²) in [4.78, 5) is 34.1. The average molecular weight is 323 g/mol. The van der Waals surface area contributed by atoms with Gasteiger partial charge in [-0.15, -0.1) is 0 Å². The third-order valence-corrected chi connectivity index (χ3v) is 3.32. The van der Waals surface area contributed by atoms with E-state index < -0.39 is 22.7 Å². The van der Waals surface area contributed by atoms with E-state index in [-0.39, 0.29) is 12.1 Å². The Morgan fingerprint density at radius 1 is 1.17 bits per heavy atom. The molecule has 0 aliphatic heterocycles. The third kappa shape index (κ3) is 4.24. The van der Waals surface area contributed by atoms with Crippen LogP contribution >= 0.6 is 0 Å². The first-order valence-corrected chi connectivity index (χ1v) is 7.04.